The summed E-state index contributed by atoms with van der Waals surface area (Å²) < 4.78 is 6.20. The van der Waals surface area contributed by atoms with Gasteiger partial charge in [-0.3, -0.25) is 9.79 Å². The zero-order chi connectivity index (χ0) is 16.1. The number of rotatable bonds is 1. The smallest absolute Gasteiger partial charge is 0.257 e. The van der Waals surface area contributed by atoms with Crippen LogP contribution in [0.25, 0.3) is 0 Å². The summed E-state index contributed by atoms with van der Waals surface area (Å²) >= 11 is 5.22. The first kappa shape index (κ1) is 14.7. The highest BCUT2D eigenvalue weighted by atomic mass is 79.9. The van der Waals surface area contributed by atoms with E-state index >= 15 is 0 Å². The van der Waals surface area contributed by atoms with Gasteiger partial charge in [0.05, 0.1) is 28.2 Å². The van der Waals surface area contributed by atoms with Gasteiger partial charge in [0.25, 0.3) is 5.91 Å². The van der Waals surface area contributed by atoms with Gasteiger partial charge in [-0.2, -0.15) is 0 Å². The highest BCUT2D eigenvalue weighted by molar-refractivity contribution is 9.11. The van der Waals surface area contributed by atoms with Crippen molar-refractivity contribution in [3.05, 3.63) is 38.0 Å². The van der Waals surface area contributed by atoms with Crippen LogP contribution in [-0.2, 0) is 13.0 Å². The van der Waals surface area contributed by atoms with Crippen molar-refractivity contribution in [2.45, 2.75) is 19.0 Å². The van der Waals surface area contributed by atoms with Crippen LogP contribution in [0.4, 0.5) is 5.69 Å². The summed E-state index contributed by atoms with van der Waals surface area (Å²) in [5.41, 5.74) is 2.11. The van der Waals surface area contributed by atoms with Crippen LogP contribution < -0.4 is 4.74 Å². The number of methoxy groups -OCH3 is 1. The Kier molecular flexibility index (Phi) is 3.42. The van der Waals surface area contributed by atoms with Crippen LogP contribution in [-0.4, -0.2) is 35.3 Å². The van der Waals surface area contributed by atoms with Crippen molar-refractivity contribution < 1.29 is 14.6 Å². The number of aliphatic imine (C=N–C) groups is 1. The number of aromatic hydroxyl groups is 1. The summed E-state index contributed by atoms with van der Waals surface area (Å²) in [6, 6.07) is 5.05. The first-order chi connectivity index (χ1) is 11.1. The van der Waals surface area contributed by atoms with Gasteiger partial charge >= 0.3 is 0 Å². The number of ether oxygens (including phenoxy) is 1. The molecule has 23 heavy (non-hydrogen) atoms. The monoisotopic (exact) mass is 392 g/mol. The number of hydrogen-bond donors (Lipinski definition) is 1. The maximum Gasteiger partial charge on any atom is 0.257 e. The number of thiophene rings is 1. The summed E-state index contributed by atoms with van der Waals surface area (Å²) in [6.07, 6.45) is 2.56. The number of carbonyl (C=O) groups excluding carboxylic acids is 1. The standard InChI is InChI=1S/C16H13BrN2O3S/c1-22-13-4-10-11(5-12(13)20)18-6-9-3-14-8(2-15(17)23-14)7-19(9)16(10)21/h2,4-6,9,20H,3,7H2,1H3/t9-/m0/s1. The predicted molar refractivity (Wildman–Crippen MR) is 92.2 cm³/mol. The van der Waals surface area contributed by atoms with Crippen molar-refractivity contribution in [2.75, 3.05) is 7.11 Å². The van der Waals surface area contributed by atoms with Crippen LogP contribution in [0, 0.1) is 0 Å². The molecule has 2 aliphatic rings. The Balaban J connectivity index is 1.79. The second-order valence-corrected chi connectivity index (χ2v) is 8.04. The van der Waals surface area contributed by atoms with Crippen molar-refractivity contribution in [3.63, 3.8) is 0 Å². The van der Waals surface area contributed by atoms with E-state index in [1.807, 2.05) is 4.90 Å². The molecule has 0 spiro atoms. The minimum Gasteiger partial charge on any atom is -0.504 e. The van der Waals surface area contributed by atoms with Gasteiger partial charge in [0.15, 0.2) is 11.5 Å². The molecular weight excluding hydrogens is 380 g/mol. The van der Waals surface area contributed by atoms with E-state index < -0.39 is 0 Å². The van der Waals surface area contributed by atoms with E-state index in [1.165, 1.54) is 23.6 Å². The fourth-order valence-electron chi connectivity index (χ4n) is 3.01. The highest BCUT2D eigenvalue weighted by Crippen LogP contribution is 2.39. The van der Waals surface area contributed by atoms with Crippen LogP contribution >= 0.6 is 27.3 Å². The minimum atomic E-state index is -0.0891. The molecule has 0 fully saturated rings. The van der Waals surface area contributed by atoms with Crippen molar-refractivity contribution in [1.82, 2.24) is 4.90 Å². The zero-order valence-corrected chi connectivity index (χ0v) is 14.6. The minimum absolute atomic E-state index is 0.0147. The van der Waals surface area contributed by atoms with E-state index in [-0.39, 0.29) is 23.4 Å². The predicted octanol–water partition coefficient (Wildman–Crippen LogP) is 3.51. The van der Waals surface area contributed by atoms with Crippen LogP contribution in [0.15, 0.2) is 27.0 Å². The van der Waals surface area contributed by atoms with E-state index in [0.717, 1.165) is 10.2 Å². The topological polar surface area (TPSA) is 62.1 Å². The number of phenols is 1. The Labute approximate surface area is 145 Å². The molecule has 4 rings (SSSR count). The Bertz CT molecular complexity index is 846. The molecule has 0 unspecified atom stereocenters. The molecule has 118 valence electrons. The van der Waals surface area contributed by atoms with Gasteiger partial charge in [-0.25, -0.2) is 0 Å². The lowest BCUT2D eigenvalue weighted by molar-refractivity contribution is 0.0705. The third kappa shape index (κ3) is 2.35. The normalized spacial score (nSPS) is 19.0. The lowest BCUT2D eigenvalue weighted by Crippen LogP contribution is -2.44. The molecule has 5 nitrogen and oxygen atoms in total. The second kappa shape index (κ2) is 5.35. The lowest BCUT2D eigenvalue weighted by atomic mass is 10.0. The molecule has 2 aromatic rings. The molecule has 1 aromatic carbocycles. The fraction of sp³-hybridized carbons (Fsp3) is 0.250. The number of hydrogen-bond acceptors (Lipinski definition) is 5. The molecular formula is C16H13BrN2O3S. The molecule has 2 aliphatic heterocycles. The van der Waals surface area contributed by atoms with E-state index in [0.29, 0.717) is 17.8 Å². The molecule has 1 amide bonds. The maximum absolute atomic E-state index is 13.0. The largest absolute Gasteiger partial charge is 0.504 e. The summed E-state index contributed by atoms with van der Waals surface area (Å²) in [4.78, 5) is 20.5. The van der Waals surface area contributed by atoms with E-state index in [1.54, 1.807) is 23.6 Å². The summed E-state index contributed by atoms with van der Waals surface area (Å²) in [6.45, 7) is 0.565. The van der Waals surface area contributed by atoms with Gasteiger partial charge in [0, 0.05) is 30.1 Å². The van der Waals surface area contributed by atoms with Gasteiger partial charge < -0.3 is 14.7 Å². The zero-order valence-electron chi connectivity index (χ0n) is 12.2. The molecule has 0 aliphatic carbocycles. The highest BCUT2D eigenvalue weighted by Gasteiger charge is 2.34. The van der Waals surface area contributed by atoms with E-state index in [4.69, 9.17) is 4.74 Å². The average Bonchev–Trinajstić information content (AvgIpc) is 2.84. The first-order valence-corrected chi connectivity index (χ1v) is 8.71. The average molecular weight is 393 g/mol. The fourth-order valence-corrected chi connectivity index (χ4v) is 4.82. The van der Waals surface area contributed by atoms with Crippen molar-refractivity contribution >= 4 is 45.1 Å². The number of phenolic OH excluding ortho intramolecular Hbond substituents is 1. The van der Waals surface area contributed by atoms with Gasteiger partial charge in [-0.15, -0.1) is 11.3 Å². The molecule has 0 radical (unpaired) electrons. The number of carbonyl (C=O) groups is 1. The Morgan fingerprint density at radius 2 is 2.26 bits per heavy atom. The van der Waals surface area contributed by atoms with Crippen molar-refractivity contribution in [2.24, 2.45) is 4.99 Å². The van der Waals surface area contributed by atoms with Gasteiger partial charge in [-0.05, 0) is 33.6 Å². The molecule has 0 saturated heterocycles. The van der Waals surface area contributed by atoms with Crippen molar-refractivity contribution in [3.8, 4) is 11.5 Å². The number of benzene rings is 1. The SMILES string of the molecule is COc1cc2c(cc1O)N=C[C@@H]1Cc3sc(Br)cc3CN1C2=O. The van der Waals surface area contributed by atoms with E-state index in [9.17, 15) is 9.90 Å². The van der Waals surface area contributed by atoms with Crippen LogP contribution in [0.2, 0.25) is 0 Å². The second-order valence-electron chi connectivity index (χ2n) is 5.52. The molecule has 3 heterocycles. The molecule has 1 atom stereocenters. The Morgan fingerprint density at radius 1 is 1.43 bits per heavy atom. The number of nitrogens with zero attached hydrogens (tertiary/aromatic N) is 2. The van der Waals surface area contributed by atoms with E-state index in [2.05, 4.69) is 27.0 Å². The number of fused-ring (bicyclic) bond motifs is 3. The van der Waals surface area contributed by atoms with Gasteiger partial charge in [-0.1, -0.05) is 0 Å². The third-order valence-electron chi connectivity index (χ3n) is 4.18. The van der Waals surface area contributed by atoms with Crippen LogP contribution in [0.5, 0.6) is 11.5 Å². The van der Waals surface area contributed by atoms with Crippen LogP contribution in [0.1, 0.15) is 20.8 Å². The van der Waals surface area contributed by atoms with Crippen molar-refractivity contribution in [1.29, 1.82) is 0 Å². The molecule has 0 saturated carbocycles. The molecule has 1 aromatic heterocycles. The van der Waals surface area contributed by atoms with Gasteiger partial charge in [0.1, 0.15) is 0 Å². The Hall–Kier alpha value is -1.86. The summed E-state index contributed by atoms with van der Waals surface area (Å²) in [5.74, 6) is 0.176. The first-order valence-electron chi connectivity index (χ1n) is 7.10. The summed E-state index contributed by atoms with van der Waals surface area (Å²) in [5, 5.41) is 9.92. The van der Waals surface area contributed by atoms with Gasteiger partial charge in [0.2, 0.25) is 0 Å². The number of halogens is 1. The number of amides is 1. The molecule has 7 heteroatoms. The summed E-state index contributed by atoms with van der Waals surface area (Å²) in [7, 11) is 1.46. The maximum atomic E-state index is 13.0. The van der Waals surface area contributed by atoms with Crippen LogP contribution in [0.3, 0.4) is 0 Å². The molecule has 0 bridgehead atoms. The quantitative estimate of drug-likeness (QED) is 0.807. The lowest BCUT2D eigenvalue weighted by Gasteiger charge is -2.32. The third-order valence-corrected chi connectivity index (χ3v) is 5.88. The Morgan fingerprint density at radius 3 is 3.04 bits per heavy atom. The molecule has 1 N–H and O–H groups in total.